The van der Waals surface area contributed by atoms with E-state index in [9.17, 15) is 9.59 Å². The molecule has 6 nitrogen and oxygen atoms in total. The van der Waals surface area contributed by atoms with E-state index in [2.05, 4.69) is 24.3 Å². The number of amides is 1. The SMILES string of the molecule is O=C(O)C1=CC2(CN(C(=O)OCC3c4ccccc4-c4ccccc43)C2)OC1. The van der Waals surface area contributed by atoms with Gasteiger partial charge in [-0.15, -0.1) is 0 Å². The molecule has 1 aliphatic carbocycles. The van der Waals surface area contributed by atoms with Crippen molar-refractivity contribution in [3.8, 4) is 11.1 Å². The molecule has 2 heterocycles. The third-order valence-corrected chi connectivity index (χ3v) is 5.74. The first-order valence-electron chi connectivity index (χ1n) is 9.25. The van der Waals surface area contributed by atoms with Gasteiger partial charge in [-0.1, -0.05) is 48.5 Å². The zero-order chi connectivity index (χ0) is 19.3. The molecule has 2 aromatic rings. The number of ether oxygens (including phenoxy) is 2. The molecule has 0 aromatic heterocycles. The summed E-state index contributed by atoms with van der Waals surface area (Å²) in [6, 6.07) is 16.4. The van der Waals surface area contributed by atoms with Crippen LogP contribution in [-0.2, 0) is 14.3 Å². The second kappa shape index (κ2) is 6.21. The fourth-order valence-electron chi connectivity index (χ4n) is 4.34. The number of carbonyl (C=O) groups is 2. The number of carboxylic acid groups (broad SMARTS) is 1. The van der Waals surface area contributed by atoms with Gasteiger partial charge in [0.25, 0.3) is 0 Å². The molecule has 28 heavy (non-hydrogen) atoms. The fourth-order valence-corrected chi connectivity index (χ4v) is 4.34. The van der Waals surface area contributed by atoms with E-state index < -0.39 is 17.7 Å². The van der Waals surface area contributed by atoms with Crippen molar-refractivity contribution < 1.29 is 24.2 Å². The van der Waals surface area contributed by atoms with Crippen molar-refractivity contribution in [2.75, 3.05) is 26.3 Å². The van der Waals surface area contributed by atoms with Gasteiger partial charge in [0.15, 0.2) is 0 Å². The number of carbonyl (C=O) groups excluding carboxylic acids is 1. The predicted octanol–water partition coefficient (Wildman–Crippen LogP) is 3.03. The van der Waals surface area contributed by atoms with Gasteiger partial charge in [-0.05, 0) is 28.3 Å². The predicted molar refractivity (Wildman–Crippen MR) is 101 cm³/mol. The van der Waals surface area contributed by atoms with Gasteiger partial charge in [0.2, 0.25) is 0 Å². The highest BCUT2D eigenvalue weighted by Crippen LogP contribution is 2.44. The molecule has 2 aromatic carbocycles. The maximum Gasteiger partial charge on any atom is 0.410 e. The molecule has 6 heteroatoms. The molecule has 0 atom stereocenters. The Labute approximate surface area is 162 Å². The lowest BCUT2D eigenvalue weighted by Crippen LogP contribution is -2.62. The maximum atomic E-state index is 12.5. The molecule has 0 bridgehead atoms. The lowest BCUT2D eigenvalue weighted by molar-refractivity contribution is -0.133. The molecule has 142 valence electrons. The molecule has 1 N–H and O–H groups in total. The van der Waals surface area contributed by atoms with Crippen LogP contribution in [0.3, 0.4) is 0 Å². The Morgan fingerprint density at radius 2 is 1.68 bits per heavy atom. The minimum absolute atomic E-state index is 0.0211. The number of carboxylic acids is 1. The third kappa shape index (κ3) is 2.60. The Hall–Kier alpha value is -3.12. The summed E-state index contributed by atoms with van der Waals surface area (Å²) in [7, 11) is 0. The monoisotopic (exact) mass is 377 g/mol. The summed E-state index contributed by atoms with van der Waals surface area (Å²) in [4.78, 5) is 25.1. The second-order valence-electron chi connectivity index (χ2n) is 7.49. The number of fused-ring (bicyclic) bond motifs is 3. The summed E-state index contributed by atoms with van der Waals surface area (Å²) in [5.74, 6) is -0.954. The molecule has 5 rings (SSSR count). The van der Waals surface area contributed by atoms with Gasteiger partial charge in [-0.3, -0.25) is 0 Å². The summed E-state index contributed by atoms with van der Waals surface area (Å²) in [5, 5.41) is 9.05. The normalized spacial score (nSPS) is 19.0. The van der Waals surface area contributed by atoms with Crippen molar-refractivity contribution in [1.29, 1.82) is 0 Å². The lowest BCUT2D eigenvalue weighted by Gasteiger charge is -2.45. The molecule has 1 saturated heterocycles. The molecule has 2 aliphatic heterocycles. The van der Waals surface area contributed by atoms with Crippen LogP contribution in [0.4, 0.5) is 4.79 Å². The van der Waals surface area contributed by atoms with Crippen LogP contribution in [-0.4, -0.2) is 54.0 Å². The molecule has 1 spiro atoms. The van der Waals surface area contributed by atoms with Crippen molar-refractivity contribution in [2.24, 2.45) is 0 Å². The van der Waals surface area contributed by atoms with Crippen molar-refractivity contribution in [2.45, 2.75) is 11.5 Å². The number of aliphatic carboxylic acids is 1. The summed E-state index contributed by atoms with van der Waals surface area (Å²) in [5.41, 5.74) is 4.29. The van der Waals surface area contributed by atoms with Gasteiger partial charge >= 0.3 is 12.1 Å². The quantitative estimate of drug-likeness (QED) is 0.890. The van der Waals surface area contributed by atoms with E-state index in [0.29, 0.717) is 13.1 Å². The highest BCUT2D eigenvalue weighted by atomic mass is 16.6. The topological polar surface area (TPSA) is 76.1 Å². The van der Waals surface area contributed by atoms with Crippen LogP contribution < -0.4 is 0 Å². The minimum Gasteiger partial charge on any atom is -0.478 e. The van der Waals surface area contributed by atoms with Gasteiger partial charge in [-0.2, -0.15) is 0 Å². The number of benzene rings is 2. The Morgan fingerprint density at radius 1 is 1.07 bits per heavy atom. The van der Waals surface area contributed by atoms with Gasteiger partial charge in [0, 0.05) is 5.92 Å². The average Bonchev–Trinajstić information content (AvgIpc) is 3.26. The van der Waals surface area contributed by atoms with E-state index >= 15 is 0 Å². The first-order chi connectivity index (χ1) is 13.6. The molecule has 3 aliphatic rings. The minimum atomic E-state index is -0.975. The van der Waals surface area contributed by atoms with Gasteiger partial charge in [-0.25, -0.2) is 9.59 Å². The molecular formula is C22H19NO5. The van der Waals surface area contributed by atoms with Gasteiger partial charge < -0.3 is 19.5 Å². The smallest absolute Gasteiger partial charge is 0.410 e. The van der Waals surface area contributed by atoms with Gasteiger partial charge in [0.1, 0.15) is 12.2 Å². The number of hydrogen-bond donors (Lipinski definition) is 1. The highest BCUT2D eigenvalue weighted by molar-refractivity contribution is 5.88. The van der Waals surface area contributed by atoms with E-state index in [0.717, 1.165) is 0 Å². The number of hydrogen-bond acceptors (Lipinski definition) is 4. The summed E-state index contributed by atoms with van der Waals surface area (Å²) in [6.45, 7) is 0.988. The number of nitrogens with zero attached hydrogens (tertiary/aromatic N) is 1. The lowest BCUT2D eigenvalue weighted by atomic mass is 9.94. The van der Waals surface area contributed by atoms with Crippen LogP contribution in [0.1, 0.15) is 17.0 Å². The summed E-state index contributed by atoms with van der Waals surface area (Å²) in [6.07, 6.45) is 1.22. The van der Waals surface area contributed by atoms with Crippen LogP contribution in [0.15, 0.2) is 60.2 Å². The Balaban J connectivity index is 1.26. The van der Waals surface area contributed by atoms with E-state index in [1.54, 1.807) is 11.0 Å². The molecule has 0 unspecified atom stereocenters. The van der Waals surface area contributed by atoms with Crippen molar-refractivity contribution in [1.82, 2.24) is 4.90 Å². The van der Waals surface area contributed by atoms with Crippen molar-refractivity contribution >= 4 is 12.1 Å². The summed E-state index contributed by atoms with van der Waals surface area (Å²) < 4.78 is 11.2. The molecule has 1 fully saturated rings. The zero-order valence-corrected chi connectivity index (χ0v) is 15.1. The van der Waals surface area contributed by atoms with E-state index in [1.807, 2.05) is 24.3 Å². The first-order valence-corrected chi connectivity index (χ1v) is 9.25. The van der Waals surface area contributed by atoms with E-state index in [1.165, 1.54) is 22.3 Å². The second-order valence-corrected chi connectivity index (χ2v) is 7.49. The largest absolute Gasteiger partial charge is 0.478 e. The fraction of sp³-hybridized carbons (Fsp3) is 0.273. The standard InChI is InChI=1S/C22H19NO5/c24-20(25)14-9-22(28-10-14)12-23(13-22)21(26)27-11-19-17-7-3-1-5-15(17)16-6-2-4-8-18(16)19/h1-9,19H,10-13H2,(H,24,25). The third-order valence-electron chi connectivity index (χ3n) is 5.74. The van der Waals surface area contributed by atoms with Crippen LogP contribution in [0.2, 0.25) is 0 Å². The number of likely N-dealkylation sites (tertiary alicyclic amines) is 1. The van der Waals surface area contributed by atoms with Crippen molar-refractivity contribution in [3.05, 3.63) is 71.3 Å². The van der Waals surface area contributed by atoms with Crippen LogP contribution in [0.25, 0.3) is 11.1 Å². The van der Waals surface area contributed by atoms with Crippen LogP contribution >= 0.6 is 0 Å². The molecule has 0 radical (unpaired) electrons. The maximum absolute atomic E-state index is 12.5. The van der Waals surface area contributed by atoms with Crippen LogP contribution in [0.5, 0.6) is 0 Å². The van der Waals surface area contributed by atoms with E-state index in [4.69, 9.17) is 14.6 Å². The summed E-state index contributed by atoms with van der Waals surface area (Å²) >= 11 is 0. The molecule has 0 saturated carbocycles. The average molecular weight is 377 g/mol. The Kier molecular flexibility index (Phi) is 3.77. The Bertz CT molecular complexity index is 960. The Morgan fingerprint density at radius 3 is 2.25 bits per heavy atom. The van der Waals surface area contributed by atoms with E-state index in [-0.39, 0.29) is 24.7 Å². The van der Waals surface area contributed by atoms with Gasteiger partial charge in [0.05, 0.1) is 25.3 Å². The van der Waals surface area contributed by atoms with Crippen molar-refractivity contribution in [3.63, 3.8) is 0 Å². The first kappa shape index (κ1) is 17.0. The molecule has 1 amide bonds. The highest BCUT2D eigenvalue weighted by Gasteiger charge is 2.49. The molecular weight excluding hydrogens is 358 g/mol. The number of rotatable bonds is 3. The zero-order valence-electron chi connectivity index (χ0n) is 15.1. The van der Waals surface area contributed by atoms with Crippen LogP contribution in [0, 0.1) is 0 Å².